The maximum atomic E-state index is 12.8. The zero-order valence-electron chi connectivity index (χ0n) is 16.3. The molecule has 1 amide bonds. The van der Waals surface area contributed by atoms with Crippen LogP contribution >= 0.6 is 23.2 Å². The lowest BCUT2D eigenvalue weighted by Gasteiger charge is -2.15. The number of fused-ring (bicyclic) bond motifs is 1. The summed E-state index contributed by atoms with van der Waals surface area (Å²) in [6, 6.07) is 24.8. The predicted octanol–water partition coefficient (Wildman–Crippen LogP) is 6.30. The second-order valence-corrected chi connectivity index (χ2v) is 7.67. The van der Waals surface area contributed by atoms with E-state index in [1.54, 1.807) is 36.4 Å². The summed E-state index contributed by atoms with van der Waals surface area (Å²) in [5.41, 5.74) is 1.45. The van der Waals surface area contributed by atoms with Crippen LogP contribution < -0.4 is 10.1 Å². The summed E-state index contributed by atoms with van der Waals surface area (Å²) in [5.74, 6) is -0.470. The van der Waals surface area contributed by atoms with Crippen molar-refractivity contribution in [1.82, 2.24) is 5.32 Å². The second kappa shape index (κ2) is 9.21. The fraction of sp³-hybridized carbons (Fsp3) is 0.0400. The van der Waals surface area contributed by atoms with Gasteiger partial charge in [0.25, 0.3) is 5.91 Å². The fourth-order valence-electron chi connectivity index (χ4n) is 3.26. The topological polar surface area (TPSA) is 55.4 Å². The number of hydrogen-bond donors (Lipinski definition) is 1. The zero-order chi connectivity index (χ0) is 21.8. The second-order valence-electron chi connectivity index (χ2n) is 6.83. The first-order valence-corrected chi connectivity index (χ1v) is 10.3. The van der Waals surface area contributed by atoms with Gasteiger partial charge in [-0.05, 0) is 47.2 Å². The van der Waals surface area contributed by atoms with E-state index in [0.29, 0.717) is 21.9 Å². The van der Waals surface area contributed by atoms with Gasteiger partial charge in [-0.1, -0.05) is 71.7 Å². The number of nitrogens with one attached hydrogen (secondary N) is 1. The molecule has 4 aromatic carbocycles. The molecule has 31 heavy (non-hydrogen) atoms. The lowest BCUT2D eigenvalue weighted by Crippen LogP contribution is -2.23. The van der Waals surface area contributed by atoms with E-state index in [2.05, 4.69) is 5.32 Å². The number of benzene rings is 4. The van der Waals surface area contributed by atoms with Crippen LogP contribution in [-0.4, -0.2) is 11.9 Å². The van der Waals surface area contributed by atoms with E-state index < -0.39 is 5.97 Å². The largest absolute Gasteiger partial charge is 0.423 e. The third kappa shape index (κ3) is 4.71. The number of carbonyl (C=O) groups is 2. The molecule has 0 radical (unpaired) electrons. The summed E-state index contributed by atoms with van der Waals surface area (Å²) in [5, 5.41) is 5.39. The Bertz CT molecular complexity index is 1270. The predicted molar refractivity (Wildman–Crippen MR) is 123 cm³/mol. The molecule has 4 nitrogen and oxygen atoms in total. The maximum Gasteiger partial charge on any atom is 0.345 e. The molecule has 0 spiro atoms. The van der Waals surface area contributed by atoms with Gasteiger partial charge in [0.1, 0.15) is 5.75 Å². The lowest BCUT2D eigenvalue weighted by atomic mass is 10.0. The Labute approximate surface area is 189 Å². The van der Waals surface area contributed by atoms with Gasteiger partial charge in [-0.25, -0.2) is 4.79 Å². The highest BCUT2D eigenvalue weighted by molar-refractivity contribution is 6.36. The molecule has 0 aliphatic heterocycles. The van der Waals surface area contributed by atoms with Crippen molar-refractivity contribution in [2.24, 2.45) is 0 Å². The molecule has 4 aromatic rings. The van der Waals surface area contributed by atoms with Gasteiger partial charge in [-0.3, -0.25) is 4.79 Å². The Kier molecular flexibility index (Phi) is 6.21. The highest BCUT2D eigenvalue weighted by Crippen LogP contribution is 2.30. The number of carbonyl (C=O) groups excluding carboxylic acids is 2. The lowest BCUT2D eigenvalue weighted by molar-refractivity contribution is 0.0733. The quantitative estimate of drug-likeness (QED) is 0.287. The highest BCUT2D eigenvalue weighted by Gasteiger charge is 2.17. The van der Waals surface area contributed by atoms with Crippen LogP contribution in [0.2, 0.25) is 10.0 Å². The van der Waals surface area contributed by atoms with Crippen molar-refractivity contribution >= 4 is 45.9 Å². The number of esters is 1. The molecule has 154 valence electrons. The summed E-state index contributed by atoms with van der Waals surface area (Å²) in [6.45, 7) is 0.187. The minimum absolute atomic E-state index is 0.187. The van der Waals surface area contributed by atoms with Crippen molar-refractivity contribution < 1.29 is 14.3 Å². The minimum Gasteiger partial charge on any atom is -0.423 e. The highest BCUT2D eigenvalue weighted by atomic mass is 35.5. The molecule has 4 rings (SSSR count). The average molecular weight is 450 g/mol. The summed E-state index contributed by atoms with van der Waals surface area (Å²) >= 11 is 12.1. The van der Waals surface area contributed by atoms with Crippen LogP contribution in [0.15, 0.2) is 84.9 Å². The van der Waals surface area contributed by atoms with Gasteiger partial charge in [0, 0.05) is 22.7 Å². The van der Waals surface area contributed by atoms with Crippen LogP contribution in [0.4, 0.5) is 0 Å². The molecule has 0 aliphatic rings. The number of halogens is 2. The van der Waals surface area contributed by atoms with E-state index in [0.717, 1.165) is 10.8 Å². The molecule has 0 fully saturated rings. The van der Waals surface area contributed by atoms with E-state index in [1.165, 1.54) is 12.1 Å². The summed E-state index contributed by atoms with van der Waals surface area (Å²) in [4.78, 5) is 25.3. The molecule has 0 saturated carbocycles. The molecule has 0 atom stereocenters. The number of hydrogen-bond acceptors (Lipinski definition) is 3. The first-order chi connectivity index (χ1) is 15.0. The Balaban J connectivity index is 1.65. The Morgan fingerprint density at radius 2 is 1.58 bits per heavy atom. The Morgan fingerprint density at radius 3 is 2.35 bits per heavy atom. The molecule has 1 N–H and O–H groups in total. The molecular weight excluding hydrogens is 433 g/mol. The van der Waals surface area contributed by atoms with Crippen molar-refractivity contribution in [2.75, 3.05) is 0 Å². The van der Waals surface area contributed by atoms with Crippen LogP contribution in [0.3, 0.4) is 0 Å². The van der Waals surface area contributed by atoms with Crippen LogP contribution in [0, 0.1) is 0 Å². The summed E-state index contributed by atoms with van der Waals surface area (Å²) in [7, 11) is 0. The fourth-order valence-corrected chi connectivity index (χ4v) is 3.75. The zero-order valence-corrected chi connectivity index (χ0v) is 17.8. The molecule has 0 unspecified atom stereocenters. The third-order valence-electron chi connectivity index (χ3n) is 4.81. The van der Waals surface area contributed by atoms with Gasteiger partial charge >= 0.3 is 5.97 Å². The van der Waals surface area contributed by atoms with Crippen molar-refractivity contribution in [1.29, 1.82) is 0 Å². The van der Waals surface area contributed by atoms with E-state index in [4.69, 9.17) is 27.9 Å². The normalized spacial score (nSPS) is 10.6. The van der Waals surface area contributed by atoms with Gasteiger partial charge in [-0.15, -0.1) is 0 Å². The van der Waals surface area contributed by atoms with Crippen molar-refractivity contribution in [2.45, 2.75) is 6.54 Å². The summed E-state index contributed by atoms with van der Waals surface area (Å²) < 4.78 is 5.68. The molecule has 0 aromatic heterocycles. The third-order valence-corrected chi connectivity index (χ3v) is 5.36. The monoisotopic (exact) mass is 449 g/mol. The van der Waals surface area contributed by atoms with Crippen LogP contribution in [0.1, 0.15) is 26.3 Å². The van der Waals surface area contributed by atoms with Gasteiger partial charge < -0.3 is 10.1 Å². The number of ether oxygens (including phenoxy) is 1. The van der Waals surface area contributed by atoms with Crippen molar-refractivity contribution in [3.63, 3.8) is 0 Å². The van der Waals surface area contributed by atoms with Gasteiger partial charge in [0.15, 0.2) is 0 Å². The molecule has 0 aliphatic carbocycles. The molecular formula is C25H17Cl2NO3. The molecule has 0 heterocycles. The number of amides is 1. The first kappa shape index (κ1) is 20.9. The SMILES string of the molecule is O=C(NCc1c(OC(=O)c2ccc(Cl)cc2Cl)ccc2ccccc12)c1ccccc1. The van der Waals surface area contributed by atoms with E-state index in [1.807, 2.05) is 36.4 Å². The van der Waals surface area contributed by atoms with Crippen LogP contribution in [-0.2, 0) is 6.54 Å². The molecule has 0 bridgehead atoms. The van der Waals surface area contributed by atoms with E-state index in [-0.39, 0.29) is 23.0 Å². The van der Waals surface area contributed by atoms with Crippen LogP contribution in [0.5, 0.6) is 5.75 Å². The Hall–Kier alpha value is -3.34. The Morgan fingerprint density at radius 1 is 0.839 bits per heavy atom. The van der Waals surface area contributed by atoms with E-state index in [9.17, 15) is 9.59 Å². The van der Waals surface area contributed by atoms with Crippen molar-refractivity contribution in [3.8, 4) is 5.75 Å². The minimum atomic E-state index is -0.604. The average Bonchev–Trinajstić information content (AvgIpc) is 2.78. The van der Waals surface area contributed by atoms with E-state index >= 15 is 0 Å². The molecule has 6 heteroatoms. The van der Waals surface area contributed by atoms with Crippen molar-refractivity contribution in [3.05, 3.63) is 112 Å². The first-order valence-electron chi connectivity index (χ1n) is 9.54. The van der Waals surface area contributed by atoms with Gasteiger partial charge in [-0.2, -0.15) is 0 Å². The van der Waals surface area contributed by atoms with Gasteiger partial charge in [0.05, 0.1) is 10.6 Å². The number of rotatable bonds is 5. The standard InChI is InChI=1S/C25H17Cl2NO3/c26-18-11-12-20(22(27)14-18)25(30)31-23-13-10-16-6-4-5-9-19(16)21(23)15-28-24(29)17-7-2-1-3-8-17/h1-14H,15H2,(H,28,29). The summed E-state index contributed by atoms with van der Waals surface area (Å²) in [6.07, 6.45) is 0. The smallest absolute Gasteiger partial charge is 0.345 e. The maximum absolute atomic E-state index is 12.8. The van der Waals surface area contributed by atoms with Gasteiger partial charge in [0.2, 0.25) is 0 Å². The molecule has 0 saturated heterocycles. The van der Waals surface area contributed by atoms with Crippen LogP contribution in [0.25, 0.3) is 10.8 Å².